The summed E-state index contributed by atoms with van der Waals surface area (Å²) in [5, 5.41) is 0. The highest BCUT2D eigenvalue weighted by Crippen LogP contribution is 2.15. The SMILES string of the molecule is CN(CC(CCN)N1CCOCC1)c1ccccc1. The number of likely N-dealkylation sites (N-methyl/N-ethyl adjacent to an activating group) is 1. The van der Waals surface area contributed by atoms with Crippen molar-refractivity contribution in [3.05, 3.63) is 30.3 Å². The van der Waals surface area contributed by atoms with Crippen LogP contribution in [0.4, 0.5) is 5.69 Å². The molecule has 1 atom stereocenters. The highest BCUT2D eigenvalue weighted by Gasteiger charge is 2.21. The Balaban J connectivity index is 1.95. The van der Waals surface area contributed by atoms with Crippen LogP contribution in [0.15, 0.2) is 30.3 Å². The van der Waals surface area contributed by atoms with Gasteiger partial charge in [0.1, 0.15) is 0 Å². The Bertz CT molecular complexity index is 352. The van der Waals surface area contributed by atoms with Gasteiger partial charge < -0.3 is 15.4 Å². The summed E-state index contributed by atoms with van der Waals surface area (Å²) in [5.41, 5.74) is 7.04. The molecule has 4 heteroatoms. The Morgan fingerprint density at radius 2 is 1.95 bits per heavy atom. The number of ether oxygens (including phenoxy) is 1. The third kappa shape index (κ3) is 4.20. The fourth-order valence-corrected chi connectivity index (χ4v) is 2.63. The Morgan fingerprint density at radius 1 is 1.26 bits per heavy atom. The molecule has 0 bridgehead atoms. The van der Waals surface area contributed by atoms with Crippen molar-refractivity contribution in [2.24, 2.45) is 5.73 Å². The minimum Gasteiger partial charge on any atom is -0.379 e. The molecule has 2 N–H and O–H groups in total. The number of hydrogen-bond donors (Lipinski definition) is 1. The van der Waals surface area contributed by atoms with Crippen LogP contribution in [0.5, 0.6) is 0 Å². The summed E-state index contributed by atoms with van der Waals surface area (Å²) in [5.74, 6) is 0. The minimum atomic E-state index is 0.513. The number of morpholine rings is 1. The standard InChI is InChI=1S/C15H25N3O/c1-17(14-5-3-2-4-6-14)13-15(7-8-16)18-9-11-19-12-10-18/h2-6,15H,7-13,16H2,1H3. The lowest BCUT2D eigenvalue weighted by Crippen LogP contribution is -2.49. The molecule has 1 heterocycles. The number of anilines is 1. The number of hydrogen-bond acceptors (Lipinski definition) is 4. The molecule has 0 saturated carbocycles. The Morgan fingerprint density at radius 3 is 2.58 bits per heavy atom. The van der Waals surface area contributed by atoms with E-state index in [1.165, 1.54) is 5.69 Å². The van der Waals surface area contributed by atoms with Crippen molar-refractivity contribution >= 4 is 5.69 Å². The van der Waals surface area contributed by atoms with Gasteiger partial charge in [0.05, 0.1) is 13.2 Å². The summed E-state index contributed by atoms with van der Waals surface area (Å²) < 4.78 is 5.43. The third-order valence-electron chi connectivity index (χ3n) is 3.74. The van der Waals surface area contributed by atoms with Gasteiger partial charge in [0.25, 0.3) is 0 Å². The smallest absolute Gasteiger partial charge is 0.0594 e. The molecule has 0 radical (unpaired) electrons. The van der Waals surface area contributed by atoms with Crippen molar-refractivity contribution in [3.63, 3.8) is 0 Å². The number of para-hydroxylation sites is 1. The van der Waals surface area contributed by atoms with E-state index in [1.807, 2.05) is 0 Å². The van der Waals surface area contributed by atoms with Gasteiger partial charge in [0.2, 0.25) is 0 Å². The van der Waals surface area contributed by atoms with E-state index in [0.717, 1.165) is 45.8 Å². The second-order valence-corrected chi connectivity index (χ2v) is 5.10. The number of rotatable bonds is 6. The van der Waals surface area contributed by atoms with E-state index in [1.54, 1.807) is 0 Å². The summed E-state index contributed by atoms with van der Waals surface area (Å²) >= 11 is 0. The van der Waals surface area contributed by atoms with Crippen molar-refractivity contribution in [1.29, 1.82) is 0 Å². The van der Waals surface area contributed by atoms with Crippen LogP contribution in [0.1, 0.15) is 6.42 Å². The molecule has 1 aliphatic rings. The fourth-order valence-electron chi connectivity index (χ4n) is 2.63. The van der Waals surface area contributed by atoms with E-state index in [9.17, 15) is 0 Å². The second-order valence-electron chi connectivity index (χ2n) is 5.10. The molecule has 1 aromatic rings. The molecule has 0 aromatic heterocycles. The topological polar surface area (TPSA) is 41.7 Å². The molecule has 1 aromatic carbocycles. The third-order valence-corrected chi connectivity index (χ3v) is 3.74. The van der Waals surface area contributed by atoms with E-state index >= 15 is 0 Å². The molecule has 106 valence electrons. The minimum absolute atomic E-state index is 0.513. The summed E-state index contributed by atoms with van der Waals surface area (Å²) in [6.07, 6.45) is 1.04. The van der Waals surface area contributed by atoms with Gasteiger partial charge in [-0.3, -0.25) is 4.90 Å². The number of nitrogens with two attached hydrogens (primary N) is 1. The van der Waals surface area contributed by atoms with Crippen LogP contribution < -0.4 is 10.6 Å². The highest BCUT2D eigenvalue weighted by atomic mass is 16.5. The largest absolute Gasteiger partial charge is 0.379 e. The van der Waals surface area contributed by atoms with Crippen molar-refractivity contribution in [3.8, 4) is 0 Å². The molecular weight excluding hydrogens is 238 g/mol. The number of nitrogens with zero attached hydrogens (tertiary/aromatic N) is 2. The van der Waals surface area contributed by atoms with Gasteiger partial charge >= 0.3 is 0 Å². The van der Waals surface area contributed by atoms with Gasteiger partial charge in [0, 0.05) is 38.4 Å². The van der Waals surface area contributed by atoms with Crippen LogP contribution in [0.3, 0.4) is 0 Å². The van der Waals surface area contributed by atoms with Crippen LogP contribution in [-0.2, 0) is 4.74 Å². The Hall–Kier alpha value is -1.10. The molecule has 0 amide bonds. The average Bonchev–Trinajstić information content (AvgIpc) is 2.48. The predicted octanol–water partition coefficient (Wildman–Crippen LogP) is 1.17. The molecule has 19 heavy (non-hydrogen) atoms. The molecular formula is C15H25N3O. The van der Waals surface area contributed by atoms with Gasteiger partial charge in [-0.25, -0.2) is 0 Å². The normalized spacial score (nSPS) is 18.2. The van der Waals surface area contributed by atoms with Crippen LogP contribution in [0.25, 0.3) is 0 Å². The first-order chi connectivity index (χ1) is 9.31. The van der Waals surface area contributed by atoms with Gasteiger partial charge in [-0.2, -0.15) is 0 Å². The zero-order valence-electron chi connectivity index (χ0n) is 11.8. The summed E-state index contributed by atoms with van der Waals surface area (Å²) in [6, 6.07) is 11.0. The lowest BCUT2D eigenvalue weighted by Gasteiger charge is -2.37. The van der Waals surface area contributed by atoms with Crippen molar-refractivity contribution in [2.75, 3.05) is 51.3 Å². The fraction of sp³-hybridized carbons (Fsp3) is 0.600. The van der Waals surface area contributed by atoms with Gasteiger partial charge in [-0.1, -0.05) is 18.2 Å². The Labute approximate surface area is 116 Å². The maximum atomic E-state index is 5.77. The quantitative estimate of drug-likeness (QED) is 0.836. The van der Waals surface area contributed by atoms with E-state index in [2.05, 4.69) is 47.2 Å². The first-order valence-corrected chi connectivity index (χ1v) is 7.09. The second kappa shape index (κ2) is 7.48. The molecule has 1 aliphatic heterocycles. The highest BCUT2D eigenvalue weighted by molar-refractivity contribution is 5.45. The van der Waals surface area contributed by atoms with Gasteiger partial charge in [0.15, 0.2) is 0 Å². The van der Waals surface area contributed by atoms with Crippen LogP contribution in [-0.4, -0.2) is 57.4 Å². The van der Waals surface area contributed by atoms with Gasteiger partial charge in [-0.05, 0) is 25.1 Å². The van der Waals surface area contributed by atoms with E-state index in [0.29, 0.717) is 6.04 Å². The lowest BCUT2D eigenvalue weighted by atomic mass is 10.1. The molecule has 1 unspecified atom stereocenters. The number of benzene rings is 1. The monoisotopic (exact) mass is 263 g/mol. The maximum Gasteiger partial charge on any atom is 0.0594 e. The molecule has 1 saturated heterocycles. The zero-order chi connectivity index (χ0) is 13.5. The zero-order valence-corrected chi connectivity index (χ0v) is 11.8. The summed E-state index contributed by atoms with van der Waals surface area (Å²) in [6.45, 7) is 5.48. The molecule has 0 spiro atoms. The van der Waals surface area contributed by atoms with E-state index < -0.39 is 0 Å². The van der Waals surface area contributed by atoms with Crippen molar-refractivity contribution in [2.45, 2.75) is 12.5 Å². The van der Waals surface area contributed by atoms with E-state index in [-0.39, 0.29) is 0 Å². The summed E-state index contributed by atoms with van der Waals surface area (Å²) in [7, 11) is 2.15. The van der Waals surface area contributed by atoms with Gasteiger partial charge in [-0.15, -0.1) is 0 Å². The van der Waals surface area contributed by atoms with Crippen LogP contribution in [0.2, 0.25) is 0 Å². The molecule has 0 aliphatic carbocycles. The van der Waals surface area contributed by atoms with Crippen molar-refractivity contribution < 1.29 is 4.74 Å². The van der Waals surface area contributed by atoms with E-state index in [4.69, 9.17) is 10.5 Å². The van der Waals surface area contributed by atoms with Crippen LogP contribution >= 0.6 is 0 Å². The average molecular weight is 263 g/mol. The van der Waals surface area contributed by atoms with Crippen molar-refractivity contribution in [1.82, 2.24) is 4.90 Å². The maximum absolute atomic E-state index is 5.77. The lowest BCUT2D eigenvalue weighted by molar-refractivity contribution is 0.0169. The molecule has 1 fully saturated rings. The first-order valence-electron chi connectivity index (χ1n) is 7.09. The Kier molecular flexibility index (Phi) is 5.63. The molecule has 4 nitrogen and oxygen atoms in total. The first kappa shape index (κ1) is 14.3. The summed E-state index contributed by atoms with van der Waals surface area (Å²) in [4.78, 5) is 4.82. The van der Waals surface area contributed by atoms with Crippen LogP contribution in [0, 0.1) is 0 Å². The molecule has 2 rings (SSSR count). The predicted molar refractivity (Wildman–Crippen MR) is 79.6 cm³/mol.